The van der Waals surface area contributed by atoms with Gasteiger partial charge in [0.25, 0.3) is 5.91 Å². The molecule has 4 rings (SSSR count). The molecule has 2 aromatic carbocycles. The fraction of sp³-hybridized carbons (Fsp3) is 0.217. The number of anilines is 1. The van der Waals surface area contributed by atoms with Crippen molar-refractivity contribution in [2.45, 2.75) is 26.2 Å². The number of carbonyl (C=O) groups excluding carboxylic acids is 3. The molecule has 0 saturated heterocycles. The van der Waals surface area contributed by atoms with Crippen molar-refractivity contribution in [3.8, 4) is 10.6 Å². The Balaban J connectivity index is 1.29. The lowest BCUT2D eigenvalue weighted by molar-refractivity contribution is -0.123. The molecule has 1 aliphatic heterocycles. The highest BCUT2D eigenvalue weighted by Crippen LogP contribution is 2.28. The molecule has 1 aliphatic rings. The molecule has 158 valence electrons. The molecule has 0 bridgehead atoms. The van der Waals surface area contributed by atoms with E-state index in [1.807, 2.05) is 54.6 Å². The molecule has 3 N–H and O–H groups in total. The van der Waals surface area contributed by atoms with Gasteiger partial charge in [-0.3, -0.25) is 25.2 Å². The Hall–Kier alpha value is -3.52. The summed E-state index contributed by atoms with van der Waals surface area (Å²) in [6, 6.07) is 17.3. The van der Waals surface area contributed by atoms with Crippen LogP contribution in [0, 0.1) is 12.8 Å². The summed E-state index contributed by atoms with van der Waals surface area (Å²) in [5.74, 6) is -1.10. The monoisotopic (exact) mass is 434 g/mol. The van der Waals surface area contributed by atoms with Crippen molar-refractivity contribution in [2.24, 2.45) is 5.92 Å². The van der Waals surface area contributed by atoms with E-state index in [1.54, 1.807) is 6.92 Å². The third kappa shape index (κ3) is 4.80. The van der Waals surface area contributed by atoms with Crippen LogP contribution in [0.1, 0.15) is 33.8 Å². The molecule has 1 atom stereocenters. The van der Waals surface area contributed by atoms with Gasteiger partial charge in [-0.1, -0.05) is 48.5 Å². The standard InChI is InChI=1S/C23H22N4O3S/c1-14-20(31-23(24-14)15-7-3-2-4-8-15)22(30)27-26-19(28)12-11-17-13-16-9-5-6-10-18(16)25-21(17)29/h2-10,17H,11-13H2,1H3,(H,25,29)(H,26,28)(H,27,30). The van der Waals surface area contributed by atoms with Gasteiger partial charge < -0.3 is 5.32 Å². The maximum atomic E-state index is 12.5. The van der Waals surface area contributed by atoms with Crippen LogP contribution in [-0.2, 0) is 16.0 Å². The number of nitrogens with zero attached hydrogens (tertiary/aromatic N) is 1. The van der Waals surface area contributed by atoms with Crippen molar-refractivity contribution >= 4 is 34.7 Å². The van der Waals surface area contributed by atoms with E-state index < -0.39 is 5.91 Å². The van der Waals surface area contributed by atoms with Crippen LogP contribution in [0.15, 0.2) is 54.6 Å². The number of nitrogens with one attached hydrogen (secondary N) is 3. The van der Waals surface area contributed by atoms with Crippen molar-refractivity contribution in [1.82, 2.24) is 15.8 Å². The van der Waals surface area contributed by atoms with Gasteiger partial charge in [0, 0.05) is 23.6 Å². The number of aromatic nitrogens is 1. The lowest BCUT2D eigenvalue weighted by Crippen LogP contribution is -2.42. The molecule has 0 spiro atoms. The first-order valence-corrected chi connectivity index (χ1v) is 10.8. The first-order valence-electron chi connectivity index (χ1n) is 10.0. The predicted molar refractivity (Wildman–Crippen MR) is 119 cm³/mol. The smallest absolute Gasteiger partial charge is 0.281 e. The van der Waals surface area contributed by atoms with E-state index in [-0.39, 0.29) is 24.2 Å². The zero-order valence-corrected chi connectivity index (χ0v) is 17.8. The Morgan fingerprint density at radius 1 is 1.10 bits per heavy atom. The van der Waals surface area contributed by atoms with Gasteiger partial charge in [0.05, 0.1) is 5.69 Å². The minimum atomic E-state index is -0.408. The molecule has 3 aromatic rings. The van der Waals surface area contributed by atoms with E-state index in [9.17, 15) is 14.4 Å². The number of aryl methyl sites for hydroxylation is 1. The van der Waals surface area contributed by atoms with E-state index in [0.29, 0.717) is 23.4 Å². The van der Waals surface area contributed by atoms with E-state index in [1.165, 1.54) is 11.3 Å². The van der Waals surface area contributed by atoms with Gasteiger partial charge in [0.2, 0.25) is 11.8 Å². The quantitative estimate of drug-likeness (QED) is 0.535. The van der Waals surface area contributed by atoms with Crippen LogP contribution in [0.25, 0.3) is 10.6 Å². The summed E-state index contributed by atoms with van der Waals surface area (Å²) in [5, 5.41) is 3.63. The van der Waals surface area contributed by atoms with Gasteiger partial charge in [-0.25, -0.2) is 4.98 Å². The average Bonchev–Trinajstić information content (AvgIpc) is 3.18. The van der Waals surface area contributed by atoms with Gasteiger partial charge >= 0.3 is 0 Å². The highest BCUT2D eigenvalue weighted by Gasteiger charge is 2.26. The number of rotatable bonds is 5. The molecule has 1 aromatic heterocycles. The second-order valence-electron chi connectivity index (χ2n) is 7.39. The zero-order valence-electron chi connectivity index (χ0n) is 17.0. The fourth-order valence-electron chi connectivity index (χ4n) is 3.51. The van der Waals surface area contributed by atoms with Crippen LogP contribution in [0.3, 0.4) is 0 Å². The Bertz CT molecular complexity index is 1130. The minimum absolute atomic E-state index is 0.0794. The number of hydrogen-bond acceptors (Lipinski definition) is 5. The second kappa shape index (κ2) is 9.09. The predicted octanol–water partition coefficient (Wildman–Crippen LogP) is 3.47. The molecule has 1 unspecified atom stereocenters. The Morgan fingerprint density at radius 3 is 2.65 bits per heavy atom. The number of hydrogen-bond donors (Lipinski definition) is 3. The number of para-hydroxylation sites is 1. The molecular weight excluding hydrogens is 412 g/mol. The van der Waals surface area contributed by atoms with Crippen molar-refractivity contribution in [1.29, 1.82) is 0 Å². The van der Waals surface area contributed by atoms with Crippen molar-refractivity contribution in [2.75, 3.05) is 5.32 Å². The van der Waals surface area contributed by atoms with Crippen LogP contribution in [0.2, 0.25) is 0 Å². The fourth-order valence-corrected chi connectivity index (χ4v) is 4.48. The number of thiazole rings is 1. The summed E-state index contributed by atoms with van der Waals surface area (Å²) in [7, 11) is 0. The van der Waals surface area contributed by atoms with E-state index in [0.717, 1.165) is 21.8 Å². The summed E-state index contributed by atoms with van der Waals surface area (Å²) < 4.78 is 0. The summed E-state index contributed by atoms with van der Waals surface area (Å²) in [4.78, 5) is 41.9. The number of amides is 3. The summed E-state index contributed by atoms with van der Waals surface area (Å²) in [6.07, 6.45) is 1.14. The minimum Gasteiger partial charge on any atom is -0.326 e. The summed E-state index contributed by atoms with van der Waals surface area (Å²) >= 11 is 1.27. The molecule has 7 nitrogen and oxygen atoms in total. The highest BCUT2D eigenvalue weighted by molar-refractivity contribution is 7.17. The van der Waals surface area contributed by atoms with E-state index in [2.05, 4.69) is 21.2 Å². The highest BCUT2D eigenvalue weighted by atomic mass is 32.1. The summed E-state index contributed by atoms with van der Waals surface area (Å²) in [5.41, 5.74) is 8.33. The second-order valence-corrected chi connectivity index (χ2v) is 8.39. The van der Waals surface area contributed by atoms with Crippen molar-refractivity contribution in [3.63, 3.8) is 0 Å². The van der Waals surface area contributed by atoms with Gasteiger partial charge in [-0.15, -0.1) is 11.3 Å². The molecule has 0 saturated carbocycles. The largest absolute Gasteiger partial charge is 0.326 e. The topological polar surface area (TPSA) is 100 Å². The Morgan fingerprint density at radius 2 is 1.84 bits per heavy atom. The normalized spacial score (nSPS) is 15.0. The van der Waals surface area contributed by atoms with Crippen molar-refractivity contribution in [3.05, 3.63) is 70.7 Å². The molecule has 31 heavy (non-hydrogen) atoms. The Kier molecular flexibility index (Phi) is 6.08. The number of fused-ring (bicyclic) bond motifs is 1. The molecular formula is C23H22N4O3S. The zero-order chi connectivity index (χ0) is 21.8. The van der Waals surface area contributed by atoms with E-state index in [4.69, 9.17) is 0 Å². The molecule has 0 aliphatic carbocycles. The van der Waals surface area contributed by atoms with Gasteiger partial charge in [-0.2, -0.15) is 0 Å². The SMILES string of the molecule is Cc1nc(-c2ccccc2)sc1C(=O)NNC(=O)CCC1Cc2ccccc2NC1=O. The first kappa shape index (κ1) is 20.7. The van der Waals surface area contributed by atoms with Crippen LogP contribution in [0.4, 0.5) is 5.69 Å². The molecule has 2 heterocycles. The third-order valence-corrected chi connectivity index (χ3v) is 6.38. The maximum Gasteiger partial charge on any atom is 0.281 e. The Labute approximate surface area is 183 Å². The van der Waals surface area contributed by atoms with E-state index >= 15 is 0 Å². The summed E-state index contributed by atoms with van der Waals surface area (Å²) in [6.45, 7) is 1.76. The lowest BCUT2D eigenvalue weighted by Gasteiger charge is -2.24. The number of carbonyl (C=O) groups is 3. The van der Waals surface area contributed by atoms with Gasteiger partial charge in [0.1, 0.15) is 9.88 Å². The molecule has 8 heteroatoms. The number of hydrazine groups is 1. The first-order chi connectivity index (χ1) is 15.0. The molecule has 0 radical (unpaired) electrons. The average molecular weight is 435 g/mol. The van der Waals surface area contributed by atoms with Crippen LogP contribution >= 0.6 is 11.3 Å². The number of benzene rings is 2. The molecule has 3 amide bonds. The third-order valence-electron chi connectivity index (χ3n) is 5.17. The van der Waals surface area contributed by atoms with Crippen molar-refractivity contribution < 1.29 is 14.4 Å². The van der Waals surface area contributed by atoms with Crippen LogP contribution < -0.4 is 16.2 Å². The van der Waals surface area contributed by atoms with Crippen LogP contribution in [-0.4, -0.2) is 22.7 Å². The van der Waals surface area contributed by atoms with Gasteiger partial charge in [-0.05, 0) is 31.4 Å². The molecule has 0 fully saturated rings. The maximum absolute atomic E-state index is 12.5. The van der Waals surface area contributed by atoms with Gasteiger partial charge in [0.15, 0.2) is 0 Å². The lowest BCUT2D eigenvalue weighted by atomic mass is 9.89. The van der Waals surface area contributed by atoms with Crippen LogP contribution in [0.5, 0.6) is 0 Å².